The number of aromatic nitrogens is 1. The van der Waals surface area contributed by atoms with E-state index >= 15 is 0 Å². The van der Waals surface area contributed by atoms with E-state index in [1.165, 1.54) is 11.3 Å². The second kappa shape index (κ2) is 9.83. The van der Waals surface area contributed by atoms with E-state index in [0.717, 1.165) is 17.7 Å². The van der Waals surface area contributed by atoms with Crippen molar-refractivity contribution in [3.05, 3.63) is 11.1 Å². The molecule has 3 N–H and O–H groups in total. The van der Waals surface area contributed by atoms with E-state index in [1.807, 2.05) is 13.1 Å². The quantitative estimate of drug-likeness (QED) is 0.594. The number of nitrogens with one attached hydrogen (secondary N) is 2. The number of aliphatic hydroxyl groups is 1. The van der Waals surface area contributed by atoms with Crippen LogP contribution in [0.4, 0.5) is 5.13 Å². The Morgan fingerprint density at radius 2 is 1.79 bits per heavy atom. The van der Waals surface area contributed by atoms with Gasteiger partial charge in [-0.25, -0.2) is 4.98 Å². The first-order valence-corrected chi connectivity index (χ1v) is 10.8. The van der Waals surface area contributed by atoms with Gasteiger partial charge in [0, 0.05) is 11.1 Å². The molecule has 28 heavy (non-hydrogen) atoms. The largest absolute Gasteiger partial charge is 0.383 e. The summed E-state index contributed by atoms with van der Waals surface area (Å²) >= 11 is 1.47. The van der Waals surface area contributed by atoms with Gasteiger partial charge in [-0.15, -0.1) is 11.3 Å². The van der Waals surface area contributed by atoms with Crippen molar-refractivity contribution < 1.29 is 14.7 Å². The van der Waals surface area contributed by atoms with Crippen LogP contribution in [0, 0.1) is 10.8 Å². The Balaban J connectivity index is 2.78. The van der Waals surface area contributed by atoms with Crippen LogP contribution in [-0.4, -0.2) is 34.1 Å². The van der Waals surface area contributed by atoms with Gasteiger partial charge in [-0.3, -0.25) is 9.59 Å². The smallest absolute Gasteiger partial charge is 0.250 e. The molecule has 0 radical (unpaired) electrons. The molecular weight excluding hydrogens is 374 g/mol. The third-order valence-corrected chi connectivity index (χ3v) is 5.58. The molecule has 1 aromatic rings. The van der Waals surface area contributed by atoms with E-state index < -0.39 is 23.5 Å². The van der Waals surface area contributed by atoms with Crippen molar-refractivity contribution in [2.24, 2.45) is 10.8 Å². The number of nitrogens with zero attached hydrogens (tertiary/aromatic N) is 1. The Morgan fingerprint density at radius 3 is 2.29 bits per heavy atom. The van der Waals surface area contributed by atoms with Gasteiger partial charge in [0.15, 0.2) is 5.13 Å². The fraction of sp³-hybridized carbons (Fsp3) is 0.762. The molecule has 1 heterocycles. The summed E-state index contributed by atoms with van der Waals surface area (Å²) in [6, 6.07) is -0.700. The molecule has 1 unspecified atom stereocenters. The van der Waals surface area contributed by atoms with E-state index in [4.69, 9.17) is 0 Å². The van der Waals surface area contributed by atoms with Crippen LogP contribution in [0.5, 0.6) is 0 Å². The van der Waals surface area contributed by atoms with Gasteiger partial charge in [0.1, 0.15) is 12.1 Å². The molecule has 0 fully saturated rings. The Labute approximate surface area is 173 Å². The average molecular weight is 412 g/mol. The minimum atomic E-state index is -1.18. The Hall–Kier alpha value is -1.47. The topological polar surface area (TPSA) is 91.3 Å². The van der Waals surface area contributed by atoms with Crippen LogP contribution in [0.1, 0.15) is 85.4 Å². The molecule has 2 amide bonds. The number of amides is 2. The number of aliphatic hydroxyl groups excluding tert-OH is 1. The summed E-state index contributed by atoms with van der Waals surface area (Å²) in [5.41, 5.74) is -0.373. The van der Waals surface area contributed by atoms with Gasteiger partial charge >= 0.3 is 0 Å². The minimum Gasteiger partial charge on any atom is -0.383 e. The zero-order chi connectivity index (χ0) is 21.7. The molecule has 0 aliphatic carbocycles. The van der Waals surface area contributed by atoms with Gasteiger partial charge in [0.2, 0.25) is 11.8 Å². The van der Waals surface area contributed by atoms with Crippen molar-refractivity contribution in [2.45, 2.75) is 92.7 Å². The molecule has 0 aromatic carbocycles. The van der Waals surface area contributed by atoms with Gasteiger partial charge < -0.3 is 15.7 Å². The predicted octanol–water partition coefficient (Wildman–Crippen LogP) is 4.31. The van der Waals surface area contributed by atoms with Crippen molar-refractivity contribution in [2.75, 3.05) is 5.32 Å². The van der Waals surface area contributed by atoms with Crippen LogP contribution < -0.4 is 10.6 Å². The molecule has 0 aliphatic rings. The van der Waals surface area contributed by atoms with E-state index in [9.17, 15) is 14.7 Å². The molecule has 6 nitrogen and oxygen atoms in total. The molecular formula is C21H37N3O3S. The van der Waals surface area contributed by atoms with Gasteiger partial charge in [-0.2, -0.15) is 0 Å². The maximum atomic E-state index is 12.7. The first kappa shape index (κ1) is 24.6. The number of thiazole rings is 1. The second-order valence-electron chi connectivity index (χ2n) is 9.84. The van der Waals surface area contributed by atoms with Gasteiger partial charge in [-0.1, -0.05) is 61.8 Å². The lowest BCUT2D eigenvalue weighted by molar-refractivity contribution is -0.137. The van der Waals surface area contributed by atoms with Crippen LogP contribution in [0.15, 0.2) is 6.20 Å². The minimum absolute atomic E-state index is 0.219. The normalized spacial score (nSPS) is 15.6. The summed E-state index contributed by atoms with van der Waals surface area (Å²) in [4.78, 5) is 30.4. The summed E-state index contributed by atoms with van der Waals surface area (Å²) in [5.74, 6) is -0.475. The molecule has 3 atom stereocenters. The highest BCUT2D eigenvalue weighted by atomic mass is 32.1. The predicted molar refractivity (Wildman–Crippen MR) is 116 cm³/mol. The van der Waals surface area contributed by atoms with Crippen molar-refractivity contribution in [3.63, 3.8) is 0 Å². The summed E-state index contributed by atoms with van der Waals surface area (Å²) in [6.45, 7) is 16.1. The summed E-state index contributed by atoms with van der Waals surface area (Å²) < 4.78 is 0. The lowest BCUT2D eigenvalue weighted by Crippen LogP contribution is -2.50. The zero-order valence-electron chi connectivity index (χ0n) is 18.5. The molecule has 1 rings (SSSR count). The number of rotatable bonds is 8. The Kier molecular flexibility index (Phi) is 8.63. The molecule has 0 saturated carbocycles. The van der Waals surface area contributed by atoms with Crippen LogP contribution >= 0.6 is 11.3 Å². The van der Waals surface area contributed by atoms with E-state index in [-0.39, 0.29) is 11.3 Å². The molecule has 160 valence electrons. The average Bonchev–Trinajstić information content (AvgIpc) is 2.99. The summed E-state index contributed by atoms with van der Waals surface area (Å²) in [6.07, 6.45) is 2.89. The van der Waals surface area contributed by atoms with Gasteiger partial charge in [0.05, 0.1) is 0 Å². The van der Waals surface area contributed by atoms with E-state index in [1.54, 1.807) is 20.8 Å². The van der Waals surface area contributed by atoms with E-state index in [0.29, 0.717) is 17.5 Å². The maximum Gasteiger partial charge on any atom is 0.250 e. The summed E-state index contributed by atoms with van der Waals surface area (Å²) in [5, 5.41) is 16.2. The fourth-order valence-electron chi connectivity index (χ4n) is 2.99. The van der Waals surface area contributed by atoms with Gasteiger partial charge in [-0.05, 0) is 29.6 Å². The first-order valence-electron chi connectivity index (χ1n) is 9.99. The number of carbonyl (C=O) groups excluding carboxylic acids is 2. The summed E-state index contributed by atoms with van der Waals surface area (Å²) in [7, 11) is 0. The fourth-order valence-corrected chi connectivity index (χ4v) is 3.86. The van der Waals surface area contributed by atoms with Crippen molar-refractivity contribution in [3.8, 4) is 0 Å². The number of anilines is 1. The van der Waals surface area contributed by atoms with Crippen LogP contribution in [0.3, 0.4) is 0 Å². The highest BCUT2D eigenvalue weighted by molar-refractivity contribution is 7.15. The first-order chi connectivity index (χ1) is 12.7. The second-order valence-corrected chi connectivity index (χ2v) is 10.9. The third-order valence-electron chi connectivity index (χ3n) is 4.44. The van der Waals surface area contributed by atoms with E-state index in [2.05, 4.69) is 43.3 Å². The lowest BCUT2D eigenvalue weighted by Gasteiger charge is -2.27. The highest BCUT2D eigenvalue weighted by Gasteiger charge is 2.32. The third kappa shape index (κ3) is 7.87. The standard InChI is InChI=1S/C21H37N3O3S/c1-9-10-14(23-18(27)16(25)21(6,7)8)17(26)24-19-22-12-15(28-19)13(2)11-20(3,4)5/h12-14,16,25H,9-11H2,1-8H3,(H,23,27)(H,22,24,26)/t13?,14-,16+/m0/s1. The Bertz CT molecular complexity index is 659. The van der Waals surface area contributed by atoms with Crippen LogP contribution in [0.2, 0.25) is 0 Å². The molecule has 0 spiro atoms. The highest BCUT2D eigenvalue weighted by Crippen LogP contribution is 2.34. The molecule has 0 aliphatic heterocycles. The zero-order valence-corrected chi connectivity index (χ0v) is 19.4. The van der Waals surface area contributed by atoms with Crippen LogP contribution in [0.25, 0.3) is 0 Å². The van der Waals surface area contributed by atoms with Gasteiger partial charge in [0.25, 0.3) is 0 Å². The molecule has 1 aromatic heterocycles. The SMILES string of the molecule is CCC[C@H](NC(=O)[C@@H](O)C(C)(C)C)C(=O)Nc1ncc(C(C)CC(C)(C)C)s1. The molecule has 7 heteroatoms. The van der Waals surface area contributed by atoms with Crippen molar-refractivity contribution in [1.82, 2.24) is 10.3 Å². The maximum absolute atomic E-state index is 12.7. The Morgan fingerprint density at radius 1 is 1.18 bits per heavy atom. The lowest BCUT2D eigenvalue weighted by atomic mass is 9.85. The number of hydrogen-bond donors (Lipinski definition) is 3. The number of hydrogen-bond acceptors (Lipinski definition) is 5. The molecule has 0 saturated heterocycles. The van der Waals surface area contributed by atoms with Crippen LogP contribution in [-0.2, 0) is 9.59 Å². The monoisotopic (exact) mass is 411 g/mol. The number of carbonyl (C=O) groups is 2. The van der Waals surface area contributed by atoms with Crippen molar-refractivity contribution in [1.29, 1.82) is 0 Å². The van der Waals surface area contributed by atoms with Crippen molar-refractivity contribution >= 4 is 28.3 Å². The molecule has 0 bridgehead atoms.